The highest BCUT2D eigenvalue weighted by molar-refractivity contribution is 5.92. The van der Waals surface area contributed by atoms with Crippen molar-refractivity contribution >= 4 is 5.97 Å². The number of phenols is 2. The molecule has 0 spiro atoms. The second-order valence-electron chi connectivity index (χ2n) is 3.95. The van der Waals surface area contributed by atoms with Gasteiger partial charge >= 0.3 is 5.97 Å². The van der Waals surface area contributed by atoms with Gasteiger partial charge in [0, 0.05) is 6.07 Å². The third-order valence-corrected chi connectivity index (χ3v) is 2.65. The van der Waals surface area contributed by atoms with E-state index in [4.69, 9.17) is 0 Å². The summed E-state index contributed by atoms with van der Waals surface area (Å²) in [6, 6.07) is 2.68. The molecule has 17 heavy (non-hydrogen) atoms. The predicted octanol–water partition coefficient (Wildman–Crippen LogP) is 2.62. The second kappa shape index (κ2) is 6.13. The van der Waals surface area contributed by atoms with Gasteiger partial charge in [-0.2, -0.15) is 0 Å². The SMILES string of the molecule is CCCCCc1cc(C(=O)OC)c(O)cc1O. The number of hydrogen-bond acceptors (Lipinski definition) is 4. The Balaban J connectivity index is 2.93. The van der Waals surface area contributed by atoms with E-state index in [1.165, 1.54) is 19.2 Å². The molecule has 1 aromatic carbocycles. The highest BCUT2D eigenvalue weighted by Gasteiger charge is 2.15. The van der Waals surface area contributed by atoms with Gasteiger partial charge in [0.1, 0.15) is 17.1 Å². The van der Waals surface area contributed by atoms with Crippen molar-refractivity contribution in [2.75, 3.05) is 7.11 Å². The van der Waals surface area contributed by atoms with Crippen molar-refractivity contribution in [1.29, 1.82) is 0 Å². The maximum Gasteiger partial charge on any atom is 0.341 e. The minimum atomic E-state index is -0.598. The summed E-state index contributed by atoms with van der Waals surface area (Å²) in [5.41, 5.74) is 0.758. The lowest BCUT2D eigenvalue weighted by molar-refractivity contribution is 0.0597. The van der Waals surface area contributed by atoms with Crippen molar-refractivity contribution in [2.45, 2.75) is 32.6 Å². The van der Waals surface area contributed by atoms with Crippen LogP contribution >= 0.6 is 0 Å². The first-order valence-corrected chi connectivity index (χ1v) is 5.73. The minimum absolute atomic E-state index is 0.0197. The Morgan fingerprint density at radius 3 is 2.53 bits per heavy atom. The van der Waals surface area contributed by atoms with E-state index in [2.05, 4.69) is 11.7 Å². The summed E-state index contributed by atoms with van der Waals surface area (Å²) in [5, 5.41) is 19.2. The van der Waals surface area contributed by atoms with Crippen molar-refractivity contribution in [3.8, 4) is 11.5 Å². The molecule has 0 heterocycles. The van der Waals surface area contributed by atoms with Gasteiger partial charge in [-0.1, -0.05) is 19.8 Å². The normalized spacial score (nSPS) is 10.2. The molecule has 0 unspecified atom stereocenters. The molecule has 0 amide bonds. The zero-order valence-corrected chi connectivity index (χ0v) is 10.2. The molecule has 0 aliphatic carbocycles. The van der Waals surface area contributed by atoms with Crippen LogP contribution in [0.5, 0.6) is 11.5 Å². The number of rotatable bonds is 5. The van der Waals surface area contributed by atoms with Gasteiger partial charge in [0.2, 0.25) is 0 Å². The second-order valence-corrected chi connectivity index (χ2v) is 3.95. The fourth-order valence-electron chi connectivity index (χ4n) is 1.66. The van der Waals surface area contributed by atoms with Crippen LogP contribution in [0.15, 0.2) is 12.1 Å². The van der Waals surface area contributed by atoms with Crippen LogP contribution in [0.25, 0.3) is 0 Å². The Hall–Kier alpha value is -1.71. The van der Waals surface area contributed by atoms with Crippen LogP contribution in [0, 0.1) is 0 Å². The number of carbonyl (C=O) groups excluding carboxylic acids is 1. The van der Waals surface area contributed by atoms with Gasteiger partial charge in [-0.25, -0.2) is 4.79 Å². The number of carbonyl (C=O) groups is 1. The molecule has 1 rings (SSSR count). The van der Waals surface area contributed by atoms with E-state index in [-0.39, 0.29) is 17.1 Å². The molecule has 0 fully saturated rings. The van der Waals surface area contributed by atoms with E-state index in [1.807, 2.05) is 0 Å². The number of aromatic hydroxyl groups is 2. The highest BCUT2D eigenvalue weighted by atomic mass is 16.5. The summed E-state index contributed by atoms with van der Waals surface area (Å²) in [5.74, 6) is -0.834. The van der Waals surface area contributed by atoms with Crippen molar-refractivity contribution in [1.82, 2.24) is 0 Å². The summed E-state index contributed by atoms with van der Waals surface area (Å²) in [7, 11) is 1.26. The Labute approximate surface area is 101 Å². The standard InChI is InChI=1S/C13H18O4/c1-3-4-5-6-9-7-10(13(16)17-2)12(15)8-11(9)14/h7-8,14-15H,3-6H2,1-2H3. The highest BCUT2D eigenvalue weighted by Crippen LogP contribution is 2.29. The van der Waals surface area contributed by atoms with E-state index < -0.39 is 5.97 Å². The lowest BCUT2D eigenvalue weighted by Gasteiger charge is -2.08. The molecule has 2 N–H and O–H groups in total. The molecule has 0 radical (unpaired) electrons. The maximum absolute atomic E-state index is 11.4. The number of hydrogen-bond donors (Lipinski definition) is 2. The molecule has 1 aromatic rings. The molecule has 94 valence electrons. The van der Waals surface area contributed by atoms with E-state index in [0.717, 1.165) is 19.3 Å². The van der Waals surface area contributed by atoms with Crippen LogP contribution in [-0.4, -0.2) is 23.3 Å². The average Bonchev–Trinajstić information content (AvgIpc) is 2.31. The molecule has 0 atom stereocenters. The van der Waals surface area contributed by atoms with Gasteiger partial charge < -0.3 is 14.9 Å². The van der Waals surface area contributed by atoms with Gasteiger partial charge in [-0.15, -0.1) is 0 Å². The van der Waals surface area contributed by atoms with Crippen LogP contribution in [0.4, 0.5) is 0 Å². The Kier molecular flexibility index (Phi) is 4.82. The third kappa shape index (κ3) is 3.37. The molecule has 0 aliphatic heterocycles. The number of phenolic OH excluding ortho intramolecular Hbond substituents is 2. The third-order valence-electron chi connectivity index (χ3n) is 2.65. The predicted molar refractivity (Wildman–Crippen MR) is 64.3 cm³/mol. The van der Waals surface area contributed by atoms with E-state index in [9.17, 15) is 15.0 Å². The number of esters is 1. The number of methoxy groups -OCH3 is 1. The first-order valence-electron chi connectivity index (χ1n) is 5.73. The molecular formula is C13H18O4. The number of ether oxygens (including phenoxy) is 1. The minimum Gasteiger partial charge on any atom is -0.508 e. The monoisotopic (exact) mass is 238 g/mol. The van der Waals surface area contributed by atoms with E-state index >= 15 is 0 Å². The van der Waals surface area contributed by atoms with Crippen LogP contribution < -0.4 is 0 Å². The van der Waals surface area contributed by atoms with E-state index in [0.29, 0.717) is 12.0 Å². The first-order chi connectivity index (χ1) is 8.10. The molecule has 0 bridgehead atoms. The van der Waals surface area contributed by atoms with Crippen molar-refractivity contribution in [2.24, 2.45) is 0 Å². The zero-order chi connectivity index (χ0) is 12.8. The smallest absolute Gasteiger partial charge is 0.341 e. The van der Waals surface area contributed by atoms with Crippen LogP contribution in [-0.2, 0) is 11.2 Å². The molecule has 0 aromatic heterocycles. The van der Waals surface area contributed by atoms with Gasteiger partial charge in [0.05, 0.1) is 7.11 Å². The fraction of sp³-hybridized carbons (Fsp3) is 0.462. The molecule has 0 saturated carbocycles. The Bertz CT molecular complexity index is 399. The van der Waals surface area contributed by atoms with Crippen LogP contribution in [0.3, 0.4) is 0 Å². The van der Waals surface area contributed by atoms with Crippen LogP contribution in [0.1, 0.15) is 42.1 Å². The van der Waals surface area contributed by atoms with Gasteiger partial charge in [0.15, 0.2) is 0 Å². The molecular weight excluding hydrogens is 220 g/mol. The molecule has 0 saturated heterocycles. The van der Waals surface area contributed by atoms with E-state index in [1.54, 1.807) is 0 Å². The summed E-state index contributed by atoms with van der Waals surface area (Å²) in [6.07, 6.45) is 3.77. The largest absolute Gasteiger partial charge is 0.508 e. The Morgan fingerprint density at radius 1 is 1.24 bits per heavy atom. The molecule has 0 aliphatic rings. The average molecular weight is 238 g/mol. The fourth-order valence-corrected chi connectivity index (χ4v) is 1.66. The summed E-state index contributed by atoms with van der Waals surface area (Å²) < 4.78 is 4.56. The summed E-state index contributed by atoms with van der Waals surface area (Å²) in [6.45, 7) is 2.09. The number of aryl methyl sites for hydroxylation is 1. The number of benzene rings is 1. The van der Waals surface area contributed by atoms with Crippen LogP contribution in [0.2, 0.25) is 0 Å². The van der Waals surface area contributed by atoms with Gasteiger partial charge in [-0.05, 0) is 24.5 Å². The summed E-state index contributed by atoms with van der Waals surface area (Å²) in [4.78, 5) is 11.4. The lowest BCUT2D eigenvalue weighted by atomic mass is 10.0. The quantitative estimate of drug-likeness (QED) is 0.611. The molecule has 4 nitrogen and oxygen atoms in total. The van der Waals surface area contributed by atoms with Crippen molar-refractivity contribution in [3.63, 3.8) is 0 Å². The maximum atomic E-state index is 11.4. The van der Waals surface area contributed by atoms with Crippen molar-refractivity contribution in [3.05, 3.63) is 23.3 Å². The van der Waals surface area contributed by atoms with Crippen molar-refractivity contribution < 1.29 is 19.7 Å². The lowest BCUT2D eigenvalue weighted by Crippen LogP contribution is -2.03. The summed E-state index contributed by atoms with van der Waals surface area (Å²) >= 11 is 0. The molecule has 4 heteroatoms. The number of unbranched alkanes of at least 4 members (excludes halogenated alkanes) is 2. The zero-order valence-electron chi connectivity index (χ0n) is 10.2. The van der Waals surface area contributed by atoms with Gasteiger partial charge in [-0.3, -0.25) is 0 Å². The first kappa shape index (κ1) is 13.4. The topological polar surface area (TPSA) is 66.8 Å². The van der Waals surface area contributed by atoms with Gasteiger partial charge in [0.25, 0.3) is 0 Å². The Morgan fingerprint density at radius 2 is 1.94 bits per heavy atom.